The summed E-state index contributed by atoms with van der Waals surface area (Å²) in [7, 11) is 1.71. The van der Waals surface area contributed by atoms with Crippen molar-refractivity contribution in [3.8, 4) is 5.75 Å². The molecule has 0 amide bonds. The fourth-order valence-electron chi connectivity index (χ4n) is 3.56. The zero-order valence-corrected chi connectivity index (χ0v) is 16.9. The standard InChI is InChI=1S/C21H23BrN2O3/c1-25-14-24-18-8-7-17(22)20(27-13-15-5-3-2-4-6-15)19(18)23-21(24)16-9-11-26-12-10-16/h2-8,16H,9-14H2,1H3. The van der Waals surface area contributed by atoms with Gasteiger partial charge in [0.05, 0.1) is 9.99 Å². The Morgan fingerprint density at radius 2 is 1.93 bits per heavy atom. The van der Waals surface area contributed by atoms with Crippen LogP contribution in [0, 0.1) is 0 Å². The van der Waals surface area contributed by atoms with Gasteiger partial charge < -0.3 is 18.8 Å². The average molecular weight is 431 g/mol. The first-order valence-electron chi connectivity index (χ1n) is 9.20. The van der Waals surface area contributed by atoms with E-state index in [9.17, 15) is 0 Å². The number of ether oxygens (including phenoxy) is 3. The first-order valence-corrected chi connectivity index (χ1v) is 9.99. The quantitative estimate of drug-likeness (QED) is 0.559. The van der Waals surface area contributed by atoms with Crippen LogP contribution in [0.2, 0.25) is 0 Å². The minimum absolute atomic E-state index is 0.377. The third-order valence-electron chi connectivity index (χ3n) is 4.93. The van der Waals surface area contributed by atoms with E-state index in [-0.39, 0.29) is 0 Å². The van der Waals surface area contributed by atoms with Crippen molar-refractivity contribution in [3.63, 3.8) is 0 Å². The highest BCUT2D eigenvalue weighted by molar-refractivity contribution is 9.10. The predicted octanol–water partition coefficient (Wildman–Crippen LogP) is 4.88. The summed E-state index contributed by atoms with van der Waals surface area (Å²) in [6.07, 6.45) is 1.96. The molecule has 142 valence electrons. The molecule has 0 bridgehead atoms. The van der Waals surface area contributed by atoms with E-state index in [0.29, 0.717) is 19.3 Å². The number of hydrogen-bond acceptors (Lipinski definition) is 4. The molecule has 2 heterocycles. The maximum atomic E-state index is 6.18. The molecular weight excluding hydrogens is 408 g/mol. The van der Waals surface area contributed by atoms with Gasteiger partial charge in [0.1, 0.15) is 24.7 Å². The van der Waals surface area contributed by atoms with Gasteiger partial charge >= 0.3 is 0 Å². The van der Waals surface area contributed by atoms with Gasteiger partial charge in [-0.25, -0.2) is 4.98 Å². The van der Waals surface area contributed by atoms with Crippen LogP contribution in [-0.4, -0.2) is 29.9 Å². The molecule has 2 aromatic carbocycles. The van der Waals surface area contributed by atoms with Gasteiger partial charge in [0.25, 0.3) is 0 Å². The molecule has 0 unspecified atom stereocenters. The van der Waals surface area contributed by atoms with E-state index >= 15 is 0 Å². The molecule has 0 saturated carbocycles. The van der Waals surface area contributed by atoms with Gasteiger partial charge in [-0.05, 0) is 46.5 Å². The van der Waals surface area contributed by atoms with Crippen molar-refractivity contribution in [2.24, 2.45) is 0 Å². The highest BCUT2D eigenvalue weighted by Gasteiger charge is 2.25. The van der Waals surface area contributed by atoms with E-state index in [1.807, 2.05) is 24.3 Å². The van der Waals surface area contributed by atoms with Crippen molar-refractivity contribution >= 4 is 27.0 Å². The summed E-state index contributed by atoms with van der Waals surface area (Å²) in [5, 5.41) is 0. The minimum Gasteiger partial charge on any atom is -0.485 e. The molecule has 1 aromatic heterocycles. The van der Waals surface area contributed by atoms with Gasteiger partial charge in [0.15, 0.2) is 5.75 Å². The van der Waals surface area contributed by atoms with Crippen molar-refractivity contribution in [2.75, 3.05) is 20.3 Å². The number of imidazole rings is 1. The van der Waals surface area contributed by atoms with Gasteiger partial charge in [0, 0.05) is 26.2 Å². The highest BCUT2D eigenvalue weighted by atomic mass is 79.9. The average Bonchev–Trinajstić information content (AvgIpc) is 3.07. The Labute approximate surface area is 167 Å². The Bertz CT molecular complexity index is 905. The largest absolute Gasteiger partial charge is 0.485 e. The molecular formula is C21H23BrN2O3. The van der Waals surface area contributed by atoms with E-state index in [2.05, 4.69) is 38.7 Å². The number of methoxy groups -OCH3 is 1. The van der Waals surface area contributed by atoms with Gasteiger partial charge in [-0.3, -0.25) is 0 Å². The molecule has 4 rings (SSSR count). The highest BCUT2D eigenvalue weighted by Crippen LogP contribution is 2.37. The molecule has 27 heavy (non-hydrogen) atoms. The van der Waals surface area contributed by atoms with Crippen molar-refractivity contribution in [3.05, 3.63) is 58.3 Å². The zero-order valence-electron chi connectivity index (χ0n) is 15.4. The smallest absolute Gasteiger partial charge is 0.161 e. The fraction of sp³-hybridized carbons (Fsp3) is 0.381. The van der Waals surface area contributed by atoms with Crippen molar-refractivity contribution in [1.82, 2.24) is 9.55 Å². The fourth-order valence-corrected chi connectivity index (χ4v) is 3.99. The van der Waals surface area contributed by atoms with Crippen LogP contribution in [-0.2, 0) is 22.8 Å². The van der Waals surface area contributed by atoms with Gasteiger partial charge in [-0.2, -0.15) is 0 Å². The van der Waals surface area contributed by atoms with E-state index in [1.54, 1.807) is 7.11 Å². The molecule has 1 aliphatic heterocycles. The summed E-state index contributed by atoms with van der Waals surface area (Å²) in [5.74, 6) is 2.21. The second kappa shape index (κ2) is 8.42. The first-order chi connectivity index (χ1) is 13.3. The molecule has 6 heteroatoms. The molecule has 0 radical (unpaired) electrons. The molecule has 1 saturated heterocycles. The number of benzene rings is 2. The molecule has 5 nitrogen and oxygen atoms in total. The van der Waals surface area contributed by atoms with Gasteiger partial charge in [-0.1, -0.05) is 30.3 Å². The Balaban J connectivity index is 1.73. The summed E-state index contributed by atoms with van der Waals surface area (Å²) in [6, 6.07) is 14.3. The minimum atomic E-state index is 0.377. The lowest BCUT2D eigenvalue weighted by Crippen LogP contribution is -2.18. The number of hydrogen-bond donors (Lipinski definition) is 0. The number of halogens is 1. The monoisotopic (exact) mass is 430 g/mol. The zero-order chi connectivity index (χ0) is 18.6. The Morgan fingerprint density at radius 3 is 2.67 bits per heavy atom. The van der Waals surface area contributed by atoms with Crippen molar-refractivity contribution < 1.29 is 14.2 Å². The van der Waals surface area contributed by atoms with Crippen LogP contribution in [0.5, 0.6) is 5.75 Å². The number of rotatable bonds is 6. The maximum Gasteiger partial charge on any atom is 0.161 e. The summed E-state index contributed by atoms with van der Waals surface area (Å²) in [6.45, 7) is 2.54. The summed E-state index contributed by atoms with van der Waals surface area (Å²) < 4.78 is 20.2. The van der Waals surface area contributed by atoms with Crippen LogP contribution >= 0.6 is 15.9 Å². The van der Waals surface area contributed by atoms with Crippen LogP contribution in [0.15, 0.2) is 46.9 Å². The topological polar surface area (TPSA) is 45.5 Å². The number of nitrogens with zero attached hydrogens (tertiary/aromatic N) is 2. The van der Waals surface area contributed by atoms with Crippen LogP contribution in [0.4, 0.5) is 0 Å². The van der Waals surface area contributed by atoms with E-state index in [1.165, 1.54) is 0 Å². The summed E-state index contributed by atoms with van der Waals surface area (Å²) in [4.78, 5) is 5.00. The van der Waals surface area contributed by atoms with Crippen molar-refractivity contribution in [1.29, 1.82) is 0 Å². The van der Waals surface area contributed by atoms with Gasteiger partial charge in [0.2, 0.25) is 0 Å². The Kier molecular flexibility index (Phi) is 5.76. The van der Waals surface area contributed by atoms with Crippen LogP contribution < -0.4 is 4.74 Å². The molecule has 0 spiro atoms. The Hall–Kier alpha value is -1.89. The molecule has 1 fully saturated rings. The maximum absolute atomic E-state index is 6.18. The molecule has 3 aromatic rings. The predicted molar refractivity (Wildman–Crippen MR) is 108 cm³/mol. The van der Waals surface area contributed by atoms with Crippen LogP contribution in [0.3, 0.4) is 0 Å². The Morgan fingerprint density at radius 1 is 1.15 bits per heavy atom. The second-order valence-electron chi connectivity index (χ2n) is 6.72. The summed E-state index contributed by atoms with van der Waals surface area (Å²) in [5.41, 5.74) is 3.03. The molecule has 0 aliphatic carbocycles. The third-order valence-corrected chi connectivity index (χ3v) is 5.55. The SMILES string of the molecule is COCn1c(C2CCOCC2)nc2c(OCc3ccccc3)c(Br)ccc21. The third kappa shape index (κ3) is 3.88. The molecule has 1 aliphatic rings. The summed E-state index contributed by atoms with van der Waals surface area (Å²) >= 11 is 3.63. The number of fused-ring (bicyclic) bond motifs is 1. The van der Waals surface area contributed by atoms with E-state index in [4.69, 9.17) is 19.2 Å². The molecule has 0 atom stereocenters. The second-order valence-corrected chi connectivity index (χ2v) is 7.58. The van der Waals surface area contributed by atoms with Crippen molar-refractivity contribution in [2.45, 2.75) is 32.1 Å². The van der Waals surface area contributed by atoms with E-state index in [0.717, 1.165) is 58.7 Å². The lowest BCUT2D eigenvalue weighted by atomic mass is 9.99. The normalized spacial score (nSPS) is 15.3. The lowest BCUT2D eigenvalue weighted by molar-refractivity contribution is 0.0788. The van der Waals surface area contributed by atoms with Crippen LogP contribution in [0.1, 0.15) is 30.1 Å². The van der Waals surface area contributed by atoms with E-state index < -0.39 is 0 Å². The first kappa shape index (κ1) is 18.5. The molecule has 0 N–H and O–H groups in total. The van der Waals surface area contributed by atoms with Gasteiger partial charge in [-0.15, -0.1) is 0 Å². The van der Waals surface area contributed by atoms with Crippen LogP contribution in [0.25, 0.3) is 11.0 Å². The lowest BCUT2D eigenvalue weighted by Gasteiger charge is -2.22. The number of aromatic nitrogens is 2.